The number of nitrogens with zero attached hydrogens (tertiary/aromatic N) is 2. The Morgan fingerprint density at radius 3 is 2.20 bits per heavy atom. The van der Waals surface area contributed by atoms with E-state index in [-0.39, 0.29) is 0 Å². The Hall–Kier alpha value is -1.41. The summed E-state index contributed by atoms with van der Waals surface area (Å²) in [5, 5.41) is 6.41. The quantitative estimate of drug-likeness (QED) is 0.617. The van der Waals surface area contributed by atoms with Gasteiger partial charge in [0.2, 0.25) is 10.0 Å². The van der Waals surface area contributed by atoms with Gasteiger partial charge in [-0.3, -0.25) is 0 Å². The Morgan fingerprint density at radius 1 is 1.05 bits per heavy atom. The fourth-order valence-electron chi connectivity index (χ4n) is 1.69. The Labute approximate surface area is 120 Å². The zero-order valence-corrected chi connectivity index (χ0v) is 13.3. The molecule has 7 nitrogen and oxygen atoms in total. The summed E-state index contributed by atoms with van der Waals surface area (Å²) < 4.78 is 24.3. The zero-order chi connectivity index (χ0) is 15.2. The third kappa shape index (κ3) is 5.70. The minimum Gasteiger partial charge on any atom is -0.370 e. The number of hydrogen-bond donors (Lipinski definition) is 3. The summed E-state index contributed by atoms with van der Waals surface area (Å²) in [7, 11) is -3.11. The van der Waals surface area contributed by atoms with Gasteiger partial charge in [-0.2, -0.15) is 0 Å². The highest BCUT2D eigenvalue weighted by molar-refractivity contribution is 7.88. The van der Waals surface area contributed by atoms with Crippen molar-refractivity contribution in [3.63, 3.8) is 0 Å². The molecule has 0 amide bonds. The van der Waals surface area contributed by atoms with Crippen molar-refractivity contribution >= 4 is 21.7 Å². The maximum Gasteiger partial charge on any atom is 0.208 e. The fraction of sp³-hybridized carbons (Fsp3) is 0.667. The highest BCUT2D eigenvalue weighted by atomic mass is 32.2. The molecule has 0 aliphatic carbocycles. The van der Waals surface area contributed by atoms with Gasteiger partial charge in [0.15, 0.2) is 0 Å². The predicted octanol–water partition coefficient (Wildman–Crippen LogP) is 0.876. The lowest BCUT2D eigenvalue weighted by atomic mass is 10.3. The van der Waals surface area contributed by atoms with Crippen molar-refractivity contribution in [2.45, 2.75) is 27.2 Å². The van der Waals surface area contributed by atoms with E-state index in [1.165, 1.54) is 0 Å². The maximum atomic E-state index is 10.9. The average molecular weight is 301 g/mol. The van der Waals surface area contributed by atoms with E-state index in [1.54, 1.807) is 0 Å². The first-order chi connectivity index (χ1) is 9.33. The summed E-state index contributed by atoms with van der Waals surface area (Å²) in [5.74, 6) is 2.31. The van der Waals surface area contributed by atoms with Gasteiger partial charge in [0.05, 0.1) is 6.26 Å². The molecule has 0 fully saturated rings. The molecule has 0 aromatic carbocycles. The van der Waals surface area contributed by atoms with E-state index < -0.39 is 10.0 Å². The molecule has 20 heavy (non-hydrogen) atoms. The largest absolute Gasteiger partial charge is 0.370 e. The molecule has 0 saturated carbocycles. The molecule has 0 saturated heterocycles. The van der Waals surface area contributed by atoms with Crippen molar-refractivity contribution in [1.29, 1.82) is 0 Å². The first-order valence-electron chi connectivity index (χ1n) is 6.61. The van der Waals surface area contributed by atoms with E-state index in [9.17, 15) is 8.42 Å². The van der Waals surface area contributed by atoms with E-state index in [0.717, 1.165) is 30.0 Å². The normalized spacial score (nSPS) is 11.4. The van der Waals surface area contributed by atoms with Crippen LogP contribution in [0.3, 0.4) is 0 Å². The van der Waals surface area contributed by atoms with Crippen LogP contribution in [0.4, 0.5) is 11.6 Å². The Balaban J connectivity index is 2.55. The minimum atomic E-state index is -3.11. The molecule has 0 unspecified atom stereocenters. The molecule has 0 bridgehead atoms. The number of sulfonamides is 1. The molecule has 0 atom stereocenters. The third-order valence-corrected chi connectivity index (χ3v) is 3.34. The Morgan fingerprint density at radius 2 is 1.65 bits per heavy atom. The average Bonchev–Trinajstić information content (AvgIpc) is 2.33. The number of nitrogens with one attached hydrogen (secondary N) is 3. The molecule has 114 valence electrons. The molecule has 1 aromatic heterocycles. The molecule has 1 rings (SSSR count). The molecule has 8 heteroatoms. The molecule has 3 N–H and O–H groups in total. The SMILES string of the molecule is CCNc1nc(C)nc(NCCCNS(C)(=O)=O)c1C. The summed E-state index contributed by atoms with van der Waals surface area (Å²) in [5.41, 5.74) is 0.966. The topological polar surface area (TPSA) is 96.0 Å². The lowest BCUT2D eigenvalue weighted by Gasteiger charge is -2.13. The zero-order valence-electron chi connectivity index (χ0n) is 12.4. The summed E-state index contributed by atoms with van der Waals surface area (Å²) >= 11 is 0. The van der Waals surface area contributed by atoms with Gasteiger partial charge in [0, 0.05) is 25.2 Å². The van der Waals surface area contributed by atoms with Crippen LogP contribution in [0.5, 0.6) is 0 Å². The van der Waals surface area contributed by atoms with E-state index in [0.29, 0.717) is 25.3 Å². The van der Waals surface area contributed by atoms with Gasteiger partial charge in [-0.1, -0.05) is 0 Å². The third-order valence-electron chi connectivity index (χ3n) is 2.61. The lowest BCUT2D eigenvalue weighted by Crippen LogP contribution is -2.24. The number of aryl methyl sites for hydroxylation is 1. The van der Waals surface area contributed by atoms with Gasteiger partial charge in [-0.05, 0) is 27.2 Å². The number of hydrogen-bond acceptors (Lipinski definition) is 6. The number of rotatable bonds is 8. The first-order valence-corrected chi connectivity index (χ1v) is 8.50. The highest BCUT2D eigenvalue weighted by Gasteiger charge is 2.08. The Kier molecular flexibility index (Phi) is 6.15. The van der Waals surface area contributed by atoms with Gasteiger partial charge < -0.3 is 10.6 Å². The van der Waals surface area contributed by atoms with Crippen molar-refractivity contribution in [3.8, 4) is 0 Å². The molecular formula is C12H23N5O2S. The highest BCUT2D eigenvalue weighted by Crippen LogP contribution is 2.19. The van der Waals surface area contributed by atoms with Crippen LogP contribution in [0.15, 0.2) is 0 Å². The van der Waals surface area contributed by atoms with Crippen LogP contribution in [0.1, 0.15) is 24.7 Å². The smallest absolute Gasteiger partial charge is 0.208 e. The van der Waals surface area contributed by atoms with Gasteiger partial charge in [-0.15, -0.1) is 0 Å². The van der Waals surface area contributed by atoms with E-state index >= 15 is 0 Å². The van der Waals surface area contributed by atoms with Crippen molar-refractivity contribution in [1.82, 2.24) is 14.7 Å². The van der Waals surface area contributed by atoms with Crippen LogP contribution in [0.2, 0.25) is 0 Å². The predicted molar refractivity (Wildman–Crippen MR) is 81.6 cm³/mol. The lowest BCUT2D eigenvalue weighted by molar-refractivity contribution is 0.586. The maximum absolute atomic E-state index is 10.9. The summed E-state index contributed by atoms with van der Waals surface area (Å²) in [4.78, 5) is 8.71. The second kappa shape index (κ2) is 7.39. The second-order valence-electron chi connectivity index (χ2n) is 4.57. The Bertz CT molecular complexity index is 545. The van der Waals surface area contributed by atoms with Gasteiger partial charge in [0.1, 0.15) is 17.5 Å². The van der Waals surface area contributed by atoms with Gasteiger partial charge >= 0.3 is 0 Å². The molecular weight excluding hydrogens is 278 g/mol. The molecule has 0 aliphatic rings. The monoisotopic (exact) mass is 301 g/mol. The van der Waals surface area contributed by atoms with Crippen LogP contribution in [0, 0.1) is 13.8 Å². The van der Waals surface area contributed by atoms with Crippen molar-refractivity contribution in [2.24, 2.45) is 0 Å². The standard InChI is InChI=1S/C12H23N5O2S/c1-5-13-11-9(2)12(17-10(3)16-11)14-7-6-8-15-20(4,18)19/h15H,5-8H2,1-4H3,(H2,13,14,16,17). The minimum absolute atomic E-state index is 0.412. The molecule has 0 radical (unpaired) electrons. The molecule has 0 spiro atoms. The van der Waals surface area contributed by atoms with E-state index in [2.05, 4.69) is 25.3 Å². The molecule has 1 heterocycles. The van der Waals surface area contributed by atoms with Crippen LogP contribution in [0.25, 0.3) is 0 Å². The van der Waals surface area contributed by atoms with E-state index in [1.807, 2.05) is 20.8 Å². The number of anilines is 2. The van der Waals surface area contributed by atoms with Crippen molar-refractivity contribution in [2.75, 3.05) is 36.5 Å². The van der Waals surface area contributed by atoms with Crippen LogP contribution in [-0.2, 0) is 10.0 Å². The molecule has 0 aliphatic heterocycles. The number of aromatic nitrogens is 2. The van der Waals surface area contributed by atoms with Crippen LogP contribution >= 0.6 is 0 Å². The van der Waals surface area contributed by atoms with Crippen LogP contribution < -0.4 is 15.4 Å². The summed E-state index contributed by atoms with van der Waals surface area (Å²) in [6.45, 7) is 7.67. The van der Waals surface area contributed by atoms with E-state index in [4.69, 9.17) is 0 Å². The second-order valence-corrected chi connectivity index (χ2v) is 6.40. The van der Waals surface area contributed by atoms with Crippen LogP contribution in [-0.4, -0.2) is 44.3 Å². The van der Waals surface area contributed by atoms with Crippen molar-refractivity contribution < 1.29 is 8.42 Å². The summed E-state index contributed by atoms with van der Waals surface area (Å²) in [6, 6.07) is 0. The van der Waals surface area contributed by atoms with Gasteiger partial charge in [0.25, 0.3) is 0 Å². The first kappa shape index (κ1) is 16.6. The molecule has 1 aromatic rings. The fourth-order valence-corrected chi connectivity index (χ4v) is 2.21. The van der Waals surface area contributed by atoms with Crippen molar-refractivity contribution in [3.05, 3.63) is 11.4 Å². The summed E-state index contributed by atoms with van der Waals surface area (Å²) in [6.07, 6.45) is 1.84. The van der Waals surface area contributed by atoms with Gasteiger partial charge in [-0.25, -0.2) is 23.1 Å².